The van der Waals surface area contributed by atoms with Gasteiger partial charge in [0.25, 0.3) is 0 Å². The van der Waals surface area contributed by atoms with E-state index in [-0.39, 0.29) is 0 Å². The molecule has 0 aromatic heterocycles. The molecule has 0 aliphatic heterocycles. The number of hydrogen-bond donors (Lipinski definition) is 0. The van der Waals surface area contributed by atoms with E-state index < -0.39 is 0 Å². The van der Waals surface area contributed by atoms with Gasteiger partial charge in [-0.1, -0.05) is 50.8 Å². The minimum absolute atomic E-state index is 0.539. The summed E-state index contributed by atoms with van der Waals surface area (Å²) in [7, 11) is 0. The van der Waals surface area contributed by atoms with Crippen molar-refractivity contribution in [2.24, 2.45) is 5.92 Å². The average Bonchev–Trinajstić information content (AvgIpc) is 2.95. The molecule has 0 heterocycles. The lowest BCUT2D eigenvalue weighted by molar-refractivity contribution is 0.718. The van der Waals surface area contributed by atoms with E-state index in [4.69, 9.17) is 0 Å². The van der Waals surface area contributed by atoms with Gasteiger partial charge in [0.2, 0.25) is 0 Å². The molecule has 82 valence electrons. The Morgan fingerprint density at radius 1 is 1.27 bits per heavy atom. The first kappa shape index (κ1) is 11.7. The first-order valence-electron chi connectivity index (χ1n) is 5.48. The van der Waals surface area contributed by atoms with E-state index in [1.54, 1.807) is 0 Å². The standard InChI is InChI=1S/C13H16Br2/c1-8-6-12(14)9(2)5-11(8)13(15)7-10-3-4-10/h5-6,10,13H,3-4,7H2,1-2H3. The van der Waals surface area contributed by atoms with Crippen molar-refractivity contribution in [3.05, 3.63) is 33.3 Å². The van der Waals surface area contributed by atoms with Gasteiger partial charge in [0.05, 0.1) is 0 Å². The second-order valence-electron chi connectivity index (χ2n) is 4.60. The van der Waals surface area contributed by atoms with Gasteiger partial charge in [0, 0.05) is 9.30 Å². The lowest BCUT2D eigenvalue weighted by atomic mass is 10.00. The van der Waals surface area contributed by atoms with Gasteiger partial charge in [0.1, 0.15) is 0 Å². The molecule has 1 saturated carbocycles. The van der Waals surface area contributed by atoms with Crippen LogP contribution in [0.2, 0.25) is 0 Å². The Hall–Kier alpha value is 0.180. The van der Waals surface area contributed by atoms with E-state index in [0.717, 1.165) is 5.92 Å². The highest BCUT2D eigenvalue weighted by Gasteiger charge is 2.25. The van der Waals surface area contributed by atoms with Crippen LogP contribution in [0, 0.1) is 19.8 Å². The van der Waals surface area contributed by atoms with E-state index >= 15 is 0 Å². The van der Waals surface area contributed by atoms with Crippen LogP contribution >= 0.6 is 31.9 Å². The van der Waals surface area contributed by atoms with Crippen molar-refractivity contribution in [3.8, 4) is 0 Å². The summed E-state index contributed by atoms with van der Waals surface area (Å²) in [5.41, 5.74) is 4.17. The normalized spacial score (nSPS) is 17.9. The fraction of sp³-hybridized carbons (Fsp3) is 0.538. The number of alkyl halides is 1. The van der Waals surface area contributed by atoms with Crippen LogP contribution in [0.25, 0.3) is 0 Å². The maximum atomic E-state index is 3.82. The first-order valence-corrected chi connectivity index (χ1v) is 7.19. The van der Waals surface area contributed by atoms with Crippen molar-refractivity contribution in [2.75, 3.05) is 0 Å². The molecule has 0 amide bonds. The maximum absolute atomic E-state index is 3.82. The Labute approximate surface area is 109 Å². The largest absolute Gasteiger partial charge is 0.0839 e. The average molecular weight is 332 g/mol. The first-order chi connectivity index (χ1) is 7.08. The molecule has 1 fully saturated rings. The van der Waals surface area contributed by atoms with E-state index in [1.807, 2.05) is 0 Å². The van der Waals surface area contributed by atoms with Crippen LogP contribution in [-0.2, 0) is 0 Å². The molecule has 0 N–H and O–H groups in total. The van der Waals surface area contributed by atoms with E-state index in [9.17, 15) is 0 Å². The summed E-state index contributed by atoms with van der Waals surface area (Å²) in [5.74, 6) is 0.970. The SMILES string of the molecule is Cc1cc(C(Br)CC2CC2)c(C)cc1Br. The van der Waals surface area contributed by atoms with Gasteiger partial charge in [-0.25, -0.2) is 0 Å². The molecule has 0 saturated heterocycles. The molecule has 1 atom stereocenters. The summed E-state index contributed by atoms with van der Waals surface area (Å²) in [6.07, 6.45) is 4.15. The number of rotatable bonds is 3. The summed E-state index contributed by atoms with van der Waals surface area (Å²) < 4.78 is 1.22. The van der Waals surface area contributed by atoms with E-state index in [1.165, 1.54) is 40.4 Å². The molecule has 0 spiro atoms. The Balaban J connectivity index is 2.21. The van der Waals surface area contributed by atoms with Gasteiger partial charge in [-0.2, -0.15) is 0 Å². The molecule has 2 heteroatoms. The number of benzene rings is 1. The van der Waals surface area contributed by atoms with Crippen molar-refractivity contribution in [2.45, 2.75) is 37.9 Å². The predicted octanol–water partition coefficient (Wildman–Crippen LogP) is 5.30. The van der Waals surface area contributed by atoms with Crippen molar-refractivity contribution in [3.63, 3.8) is 0 Å². The Morgan fingerprint density at radius 2 is 1.93 bits per heavy atom. The maximum Gasteiger partial charge on any atom is 0.0400 e. The van der Waals surface area contributed by atoms with Crippen LogP contribution < -0.4 is 0 Å². The molecule has 15 heavy (non-hydrogen) atoms. The molecule has 0 nitrogen and oxygen atoms in total. The highest BCUT2D eigenvalue weighted by Crippen LogP contribution is 2.42. The van der Waals surface area contributed by atoms with Crippen LogP contribution in [0.3, 0.4) is 0 Å². The predicted molar refractivity (Wildman–Crippen MR) is 72.6 cm³/mol. The molecule has 1 unspecified atom stereocenters. The van der Waals surface area contributed by atoms with E-state index in [2.05, 4.69) is 57.8 Å². The number of aryl methyl sites for hydroxylation is 2. The highest BCUT2D eigenvalue weighted by atomic mass is 79.9. The number of hydrogen-bond acceptors (Lipinski definition) is 0. The fourth-order valence-corrected chi connectivity index (χ4v) is 3.39. The van der Waals surface area contributed by atoms with Crippen LogP contribution in [0.4, 0.5) is 0 Å². The Morgan fingerprint density at radius 3 is 2.53 bits per heavy atom. The van der Waals surface area contributed by atoms with Crippen LogP contribution in [0.15, 0.2) is 16.6 Å². The van der Waals surface area contributed by atoms with E-state index in [0.29, 0.717) is 4.83 Å². The molecular formula is C13H16Br2. The number of halogens is 2. The summed E-state index contributed by atoms with van der Waals surface area (Å²) in [6.45, 7) is 4.35. The molecule has 1 aromatic carbocycles. The second kappa shape index (κ2) is 4.58. The molecule has 0 bridgehead atoms. The topological polar surface area (TPSA) is 0 Å². The van der Waals surface area contributed by atoms with Crippen LogP contribution in [0.1, 0.15) is 40.8 Å². The van der Waals surface area contributed by atoms with Gasteiger partial charge in [-0.3, -0.25) is 0 Å². The summed E-state index contributed by atoms with van der Waals surface area (Å²) in [6, 6.07) is 4.53. The molecule has 1 aromatic rings. The van der Waals surface area contributed by atoms with Gasteiger partial charge in [-0.15, -0.1) is 0 Å². The smallest absolute Gasteiger partial charge is 0.0400 e. The molecule has 0 radical (unpaired) electrons. The molecule has 1 aliphatic rings. The van der Waals surface area contributed by atoms with Crippen molar-refractivity contribution < 1.29 is 0 Å². The quantitative estimate of drug-likeness (QED) is 0.659. The molecular weight excluding hydrogens is 316 g/mol. The lowest BCUT2D eigenvalue weighted by Gasteiger charge is -2.14. The Kier molecular flexibility index (Phi) is 3.56. The van der Waals surface area contributed by atoms with Crippen molar-refractivity contribution in [1.29, 1.82) is 0 Å². The van der Waals surface area contributed by atoms with Gasteiger partial charge >= 0.3 is 0 Å². The third kappa shape index (κ3) is 2.85. The monoisotopic (exact) mass is 330 g/mol. The highest BCUT2D eigenvalue weighted by molar-refractivity contribution is 9.10. The lowest BCUT2D eigenvalue weighted by Crippen LogP contribution is -1.96. The third-order valence-electron chi connectivity index (χ3n) is 3.12. The van der Waals surface area contributed by atoms with Gasteiger partial charge in [0.15, 0.2) is 0 Å². The zero-order chi connectivity index (χ0) is 11.0. The Bertz CT molecular complexity index is 367. The minimum Gasteiger partial charge on any atom is -0.0839 e. The van der Waals surface area contributed by atoms with Crippen LogP contribution in [-0.4, -0.2) is 0 Å². The second-order valence-corrected chi connectivity index (χ2v) is 6.56. The minimum atomic E-state index is 0.539. The van der Waals surface area contributed by atoms with Crippen molar-refractivity contribution >= 4 is 31.9 Å². The van der Waals surface area contributed by atoms with Gasteiger partial charge in [-0.05, 0) is 48.9 Å². The molecule has 1 aliphatic carbocycles. The zero-order valence-corrected chi connectivity index (χ0v) is 12.4. The molecule has 2 rings (SSSR count). The summed E-state index contributed by atoms with van der Waals surface area (Å²) in [4.78, 5) is 0.539. The third-order valence-corrected chi connectivity index (χ3v) is 4.84. The fourth-order valence-electron chi connectivity index (χ4n) is 1.91. The van der Waals surface area contributed by atoms with Crippen LogP contribution in [0.5, 0.6) is 0 Å². The van der Waals surface area contributed by atoms with Crippen molar-refractivity contribution in [1.82, 2.24) is 0 Å². The van der Waals surface area contributed by atoms with Gasteiger partial charge < -0.3 is 0 Å². The zero-order valence-electron chi connectivity index (χ0n) is 9.19. The summed E-state index contributed by atoms with van der Waals surface area (Å²) in [5, 5.41) is 0. The summed E-state index contributed by atoms with van der Waals surface area (Å²) >= 11 is 7.40.